The minimum atomic E-state index is -0.474. The Bertz CT molecular complexity index is 1100. The van der Waals surface area contributed by atoms with Crippen LogP contribution in [0.2, 0.25) is 0 Å². The van der Waals surface area contributed by atoms with E-state index in [0.717, 1.165) is 30.0 Å². The van der Waals surface area contributed by atoms with Crippen LogP contribution in [0.3, 0.4) is 0 Å². The predicted molar refractivity (Wildman–Crippen MR) is 174 cm³/mol. The smallest absolute Gasteiger partial charge is 0.410 e. The van der Waals surface area contributed by atoms with Gasteiger partial charge in [0.1, 0.15) is 22.7 Å². The first-order chi connectivity index (χ1) is 20.2. The van der Waals surface area contributed by atoms with E-state index in [1.807, 2.05) is 79.7 Å². The molecule has 0 fully saturated rings. The molecule has 10 nitrogen and oxygen atoms in total. The lowest BCUT2D eigenvalue weighted by atomic mass is 10.2. The molecule has 43 heavy (non-hydrogen) atoms. The van der Waals surface area contributed by atoms with Crippen LogP contribution >= 0.6 is 0 Å². The van der Waals surface area contributed by atoms with Crippen molar-refractivity contribution in [3.05, 3.63) is 48.5 Å². The topological polar surface area (TPSA) is 116 Å². The summed E-state index contributed by atoms with van der Waals surface area (Å²) in [6.45, 7) is 18.6. The van der Waals surface area contributed by atoms with Gasteiger partial charge in [0.15, 0.2) is 0 Å². The van der Waals surface area contributed by atoms with Gasteiger partial charge in [0.25, 0.3) is 0 Å². The van der Waals surface area contributed by atoms with Gasteiger partial charge >= 0.3 is 12.2 Å². The van der Waals surface area contributed by atoms with E-state index in [-0.39, 0.29) is 12.2 Å². The zero-order valence-corrected chi connectivity index (χ0v) is 27.9. The maximum Gasteiger partial charge on any atom is 0.410 e. The van der Waals surface area contributed by atoms with Crippen LogP contribution in [-0.4, -0.2) is 72.6 Å². The Kier molecular flexibility index (Phi) is 16.4. The molecule has 0 unspecified atom stereocenters. The Morgan fingerprint density at radius 1 is 0.721 bits per heavy atom. The third-order valence-electron chi connectivity index (χ3n) is 5.57. The molecule has 0 bridgehead atoms. The van der Waals surface area contributed by atoms with Crippen LogP contribution in [-0.2, 0) is 21.9 Å². The van der Waals surface area contributed by atoms with Gasteiger partial charge < -0.3 is 34.5 Å². The Balaban J connectivity index is 0.000000430. The molecule has 0 heterocycles. The predicted octanol–water partition coefficient (Wildman–Crippen LogP) is 7.37. The highest BCUT2D eigenvalue weighted by atomic mass is 32.1. The number of hydrogen-bond donors (Lipinski definition) is 1. The SMILES string of the molecule is CCN(CCCOc1ccc(N)cc1)C(=O)OC(C)(C)C.CCN(CCCOc1ccc(N=S)cc1)C(=O)OC(C)(C)C. The van der Waals surface area contributed by atoms with Gasteiger partial charge in [-0.3, -0.25) is 0 Å². The van der Waals surface area contributed by atoms with E-state index in [9.17, 15) is 9.59 Å². The summed E-state index contributed by atoms with van der Waals surface area (Å²) in [5, 5.41) is 0. The second kappa shape index (κ2) is 18.8. The van der Waals surface area contributed by atoms with Crippen molar-refractivity contribution < 1.29 is 28.5 Å². The fourth-order valence-corrected chi connectivity index (χ4v) is 3.59. The number of amides is 2. The number of ether oxygens (including phenoxy) is 4. The van der Waals surface area contributed by atoms with Gasteiger partial charge in [-0.25, -0.2) is 9.59 Å². The molecule has 2 rings (SSSR count). The molecule has 0 aliphatic rings. The third kappa shape index (κ3) is 17.2. The van der Waals surface area contributed by atoms with E-state index in [2.05, 4.69) is 16.8 Å². The summed E-state index contributed by atoms with van der Waals surface area (Å²) in [6.07, 6.45) is 0.918. The van der Waals surface area contributed by atoms with Crippen molar-refractivity contribution in [1.29, 1.82) is 0 Å². The minimum absolute atomic E-state index is 0.280. The van der Waals surface area contributed by atoms with Crippen LogP contribution in [0.5, 0.6) is 11.5 Å². The summed E-state index contributed by atoms with van der Waals surface area (Å²) in [4.78, 5) is 27.3. The molecule has 2 aromatic rings. The highest BCUT2D eigenvalue weighted by Crippen LogP contribution is 2.18. The Morgan fingerprint density at radius 2 is 1.09 bits per heavy atom. The third-order valence-corrected chi connectivity index (χ3v) is 5.78. The summed E-state index contributed by atoms with van der Waals surface area (Å²) in [6, 6.07) is 14.5. The highest BCUT2D eigenvalue weighted by molar-refractivity contribution is 7.47. The zero-order valence-electron chi connectivity index (χ0n) is 27.1. The largest absolute Gasteiger partial charge is 0.494 e. The second-order valence-electron chi connectivity index (χ2n) is 11.7. The average Bonchev–Trinajstić information content (AvgIpc) is 2.92. The highest BCUT2D eigenvalue weighted by Gasteiger charge is 2.21. The molecule has 0 radical (unpaired) electrons. The number of carbonyl (C=O) groups is 2. The lowest BCUT2D eigenvalue weighted by Gasteiger charge is -2.26. The fourth-order valence-electron chi connectivity index (χ4n) is 3.47. The van der Waals surface area contributed by atoms with Gasteiger partial charge in [-0.15, -0.1) is 0 Å². The van der Waals surface area contributed by atoms with Gasteiger partial charge in [-0.05, 0) is 117 Å². The van der Waals surface area contributed by atoms with Crippen LogP contribution in [0.15, 0.2) is 52.9 Å². The summed E-state index contributed by atoms with van der Waals surface area (Å²) >= 11 is 4.61. The van der Waals surface area contributed by atoms with Crippen LogP contribution < -0.4 is 15.2 Å². The van der Waals surface area contributed by atoms with Crippen molar-refractivity contribution in [2.24, 2.45) is 4.36 Å². The summed E-state index contributed by atoms with van der Waals surface area (Å²) < 4.78 is 25.6. The molecular weight excluding hydrogens is 568 g/mol. The van der Waals surface area contributed by atoms with E-state index in [4.69, 9.17) is 24.7 Å². The monoisotopic (exact) mass is 618 g/mol. The van der Waals surface area contributed by atoms with E-state index < -0.39 is 11.2 Å². The van der Waals surface area contributed by atoms with E-state index in [1.165, 1.54) is 0 Å². The van der Waals surface area contributed by atoms with Gasteiger partial charge in [-0.2, -0.15) is 4.36 Å². The minimum Gasteiger partial charge on any atom is -0.494 e. The normalized spacial score (nSPS) is 11.0. The van der Waals surface area contributed by atoms with Crippen molar-refractivity contribution in [3.8, 4) is 11.5 Å². The number of carbonyl (C=O) groups excluding carboxylic acids is 2. The van der Waals surface area contributed by atoms with Crippen molar-refractivity contribution >= 4 is 36.0 Å². The average molecular weight is 619 g/mol. The summed E-state index contributed by atoms with van der Waals surface area (Å²) in [5.74, 6) is 1.55. The van der Waals surface area contributed by atoms with E-state index >= 15 is 0 Å². The van der Waals surface area contributed by atoms with Crippen molar-refractivity contribution in [1.82, 2.24) is 9.80 Å². The summed E-state index contributed by atoms with van der Waals surface area (Å²) in [5.41, 5.74) is 6.12. The number of nitrogens with zero attached hydrogens (tertiary/aromatic N) is 3. The Hall–Kier alpha value is -3.60. The molecule has 2 aromatic carbocycles. The molecule has 0 saturated heterocycles. The van der Waals surface area contributed by atoms with Crippen molar-refractivity contribution in [2.75, 3.05) is 45.1 Å². The van der Waals surface area contributed by atoms with Gasteiger partial charge in [0.2, 0.25) is 0 Å². The van der Waals surface area contributed by atoms with Crippen molar-refractivity contribution in [3.63, 3.8) is 0 Å². The molecule has 0 saturated carbocycles. The standard InChI is InChI=1S/C16H24N2O3S.C16H26N2O3/c1-5-18(15(19)21-16(2,3)4)11-6-12-20-14-9-7-13(17-22)8-10-14;1-5-18(15(19)21-16(2,3)4)11-6-12-20-14-9-7-13(17)8-10-14/h7-10H,5-6,11-12H2,1-4H3;7-10H,5-6,11-12,17H2,1-4H3. The van der Waals surface area contributed by atoms with Gasteiger partial charge in [0.05, 0.1) is 18.9 Å². The number of anilines is 1. The van der Waals surface area contributed by atoms with E-state index in [1.54, 1.807) is 34.1 Å². The first-order valence-corrected chi connectivity index (χ1v) is 15.0. The molecular formula is C32H50N4O6S. The second-order valence-corrected chi connectivity index (χ2v) is 11.9. The molecule has 0 aliphatic carbocycles. The molecule has 0 aliphatic heterocycles. The van der Waals surface area contributed by atoms with E-state index in [0.29, 0.717) is 45.1 Å². The first-order valence-electron chi connectivity index (χ1n) is 14.7. The van der Waals surface area contributed by atoms with Gasteiger partial charge in [0, 0.05) is 44.3 Å². The lowest BCUT2D eigenvalue weighted by Crippen LogP contribution is -2.37. The number of nitrogens with two attached hydrogens (primary N) is 1. The summed E-state index contributed by atoms with van der Waals surface area (Å²) in [7, 11) is 0. The Labute approximate surface area is 263 Å². The van der Waals surface area contributed by atoms with Crippen LogP contribution in [0.4, 0.5) is 21.0 Å². The quantitative estimate of drug-likeness (QED) is 0.183. The maximum absolute atomic E-state index is 12.0. The number of benzene rings is 2. The molecule has 0 aromatic heterocycles. The molecule has 2 N–H and O–H groups in total. The molecule has 240 valence electrons. The van der Waals surface area contributed by atoms with Crippen LogP contribution in [0, 0.1) is 0 Å². The molecule has 0 spiro atoms. The van der Waals surface area contributed by atoms with Gasteiger partial charge in [-0.1, -0.05) is 0 Å². The lowest BCUT2D eigenvalue weighted by molar-refractivity contribution is 0.0241. The number of hydrogen-bond acceptors (Lipinski definition) is 9. The fraction of sp³-hybridized carbons (Fsp3) is 0.562. The maximum atomic E-state index is 12.0. The molecule has 2 amide bonds. The Morgan fingerprint density at radius 3 is 1.42 bits per heavy atom. The number of rotatable bonds is 13. The van der Waals surface area contributed by atoms with Crippen LogP contribution in [0.25, 0.3) is 0 Å². The zero-order chi connectivity index (χ0) is 32.5. The van der Waals surface area contributed by atoms with Crippen molar-refractivity contribution in [2.45, 2.75) is 79.4 Å². The molecule has 11 heteroatoms. The first kappa shape index (κ1) is 37.4. The molecule has 0 atom stereocenters. The van der Waals surface area contributed by atoms with Crippen LogP contribution in [0.1, 0.15) is 68.2 Å². The number of nitrogen functional groups attached to an aromatic ring is 1.